The molecule has 0 bridgehead atoms. The van der Waals surface area contributed by atoms with Gasteiger partial charge in [0.2, 0.25) is 5.62 Å². The average Bonchev–Trinajstić information content (AvgIpc) is 3.03. The molecule has 1 aliphatic heterocycles. The number of morpholine rings is 1. The minimum absolute atomic E-state index is 0.0566. The lowest BCUT2D eigenvalue weighted by Crippen LogP contribution is -2.39. The fourth-order valence-electron chi connectivity index (χ4n) is 3.81. The number of fused-ring (bicyclic) bond motifs is 1. The van der Waals surface area contributed by atoms with Crippen molar-refractivity contribution in [2.45, 2.75) is 19.2 Å². The Labute approximate surface area is 190 Å². The third kappa shape index (κ3) is 5.25. The highest BCUT2D eigenvalue weighted by Crippen LogP contribution is 2.27. The fourth-order valence-corrected chi connectivity index (χ4v) is 4.28. The Hall–Kier alpha value is -2.03. The van der Waals surface area contributed by atoms with Gasteiger partial charge in [-0.1, -0.05) is 35.3 Å². The van der Waals surface area contributed by atoms with Crippen LogP contribution in [-0.4, -0.2) is 64.7 Å². The van der Waals surface area contributed by atoms with Gasteiger partial charge < -0.3 is 23.7 Å². The third-order valence-corrected chi connectivity index (χ3v) is 5.97. The Morgan fingerprint density at radius 1 is 1.03 bits per heavy atom. The second-order valence-corrected chi connectivity index (χ2v) is 8.41. The summed E-state index contributed by atoms with van der Waals surface area (Å²) in [4.78, 5) is 2.35. The van der Waals surface area contributed by atoms with Gasteiger partial charge in [0.1, 0.15) is 18.5 Å². The highest BCUT2D eigenvalue weighted by molar-refractivity contribution is 6.35. The molecule has 2 N–H and O–H groups in total. The van der Waals surface area contributed by atoms with Crippen LogP contribution < -0.4 is 10.4 Å². The van der Waals surface area contributed by atoms with Gasteiger partial charge in [-0.05, 0) is 30.3 Å². The molecule has 1 atom stereocenters. The van der Waals surface area contributed by atoms with E-state index in [1.165, 1.54) is 0 Å². The van der Waals surface area contributed by atoms with E-state index in [4.69, 9.17) is 38.1 Å². The van der Waals surface area contributed by atoms with E-state index >= 15 is 0 Å². The summed E-state index contributed by atoms with van der Waals surface area (Å²) >= 11 is 12.0. The van der Waals surface area contributed by atoms with Gasteiger partial charge in [-0.15, -0.1) is 0 Å². The Morgan fingerprint density at radius 2 is 1.74 bits per heavy atom. The van der Waals surface area contributed by atoms with Gasteiger partial charge in [-0.25, -0.2) is 0 Å². The first kappa shape index (κ1) is 22.2. The number of hydrogen-bond acceptors (Lipinski definition) is 5. The number of imidazole rings is 1. The number of rotatable bonds is 8. The van der Waals surface area contributed by atoms with Crippen molar-refractivity contribution in [1.82, 2.24) is 14.0 Å². The molecular weight excluding hydrogens is 439 g/mol. The number of para-hydroxylation sites is 2. The van der Waals surface area contributed by atoms with Gasteiger partial charge in [0.15, 0.2) is 0 Å². The summed E-state index contributed by atoms with van der Waals surface area (Å²) < 4.78 is 14.9. The molecule has 2 heterocycles. The van der Waals surface area contributed by atoms with Gasteiger partial charge in [0, 0.05) is 31.2 Å². The predicted molar refractivity (Wildman–Crippen MR) is 121 cm³/mol. The van der Waals surface area contributed by atoms with E-state index in [0.29, 0.717) is 28.0 Å². The maximum atomic E-state index is 10.6. The van der Waals surface area contributed by atoms with Crippen LogP contribution in [0.4, 0.5) is 0 Å². The summed E-state index contributed by atoms with van der Waals surface area (Å²) in [5, 5.41) is 20.3. The number of aliphatic hydroxyl groups excluding tert-OH is 1. The van der Waals surface area contributed by atoms with Crippen molar-refractivity contribution in [3.05, 3.63) is 58.1 Å². The summed E-state index contributed by atoms with van der Waals surface area (Å²) in [5.41, 5.74) is 2.26. The van der Waals surface area contributed by atoms with Gasteiger partial charge in [0.25, 0.3) is 0 Å². The van der Waals surface area contributed by atoms with Gasteiger partial charge in [0.05, 0.1) is 35.8 Å². The molecule has 1 unspecified atom stereocenters. The zero-order valence-electron chi connectivity index (χ0n) is 17.1. The Bertz CT molecular complexity index is 1090. The molecule has 7 nitrogen and oxygen atoms in total. The van der Waals surface area contributed by atoms with E-state index in [0.717, 1.165) is 43.9 Å². The first-order valence-corrected chi connectivity index (χ1v) is 11.1. The average molecular weight is 465 g/mol. The Morgan fingerprint density at radius 3 is 2.45 bits per heavy atom. The number of aromatic nitrogens is 2. The molecule has 0 radical (unpaired) electrons. The molecule has 9 heteroatoms. The molecule has 0 saturated carbocycles. The molecule has 31 heavy (non-hydrogen) atoms. The van der Waals surface area contributed by atoms with E-state index in [-0.39, 0.29) is 13.2 Å². The SMILES string of the molecule is N=c1n(CCN2CCOCC2)c2ccccc2n1CC(O)COc1ccc(Cl)cc1Cl. The smallest absolute Gasteiger partial charge is 0.203 e. The zero-order valence-corrected chi connectivity index (χ0v) is 18.6. The molecule has 1 saturated heterocycles. The highest BCUT2D eigenvalue weighted by atomic mass is 35.5. The van der Waals surface area contributed by atoms with Crippen molar-refractivity contribution in [2.75, 3.05) is 39.5 Å². The van der Waals surface area contributed by atoms with E-state index in [1.54, 1.807) is 18.2 Å². The zero-order chi connectivity index (χ0) is 21.8. The van der Waals surface area contributed by atoms with Crippen LogP contribution in [0.15, 0.2) is 42.5 Å². The van der Waals surface area contributed by atoms with Crippen LogP contribution in [-0.2, 0) is 17.8 Å². The molecule has 0 amide bonds. The molecule has 3 aromatic rings. The summed E-state index contributed by atoms with van der Waals surface area (Å²) in [6.45, 7) is 5.20. The third-order valence-electron chi connectivity index (χ3n) is 5.44. The van der Waals surface area contributed by atoms with Crippen molar-refractivity contribution in [3.63, 3.8) is 0 Å². The predicted octanol–water partition coefficient (Wildman–Crippen LogP) is 3.00. The van der Waals surface area contributed by atoms with E-state index in [1.807, 2.05) is 33.4 Å². The quantitative estimate of drug-likeness (QED) is 0.537. The van der Waals surface area contributed by atoms with Gasteiger partial charge in [-0.3, -0.25) is 10.3 Å². The molecule has 1 fully saturated rings. The number of nitrogens with one attached hydrogen (secondary N) is 1. The number of benzene rings is 2. The molecule has 1 aliphatic rings. The highest BCUT2D eigenvalue weighted by Gasteiger charge is 2.16. The van der Waals surface area contributed by atoms with Crippen LogP contribution in [0.2, 0.25) is 10.0 Å². The molecule has 166 valence electrons. The fraction of sp³-hybridized carbons (Fsp3) is 0.409. The molecule has 4 rings (SSSR count). The van der Waals surface area contributed by atoms with Crippen LogP contribution in [0.3, 0.4) is 0 Å². The standard InChI is InChI=1S/C22H26Cl2N4O3/c23-16-5-6-21(18(24)13-16)31-15-17(29)14-28-20-4-2-1-3-19(20)27(22(28)25)8-7-26-9-11-30-12-10-26/h1-6,13,17,25,29H,7-12,14-15H2. The summed E-state index contributed by atoms with van der Waals surface area (Å²) in [5.74, 6) is 0.467. The van der Waals surface area contributed by atoms with Crippen molar-refractivity contribution >= 4 is 34.2 Å². The second-order valence-electron chi connectivity index (χ2n) is 7.57. The maximum absolute atomic E-state index is 10.6. The molecule has 0 aliphatic carbocycles. The van der Waals surface area contributed by atoms with Crippen LogP contribution >= 0.6 is 23.2 Å². The first-order chi connectivity index (χ1) is 15.0. The van der Waals surface area contributed by atoms with Crippen molar-refractivity contribution in [3.8, 4) is 5.75 Å². The number of halogens is 2. The number of nitrogens with zero attached hydrogens (tertiary/aromatic N) is 3. The van der Waals surface area contributed by atoms with Crippen molar-refractivity contribution < 1.29 is 14.6 Å². The largest absolute Gasteiger partial charge is 0.489 e. The van der Waals surface area contributed by atoms with E-state index in [2.05, 4.69) is 4.90 Å². The van der Waals surface area contributed by atoms with Crippen molar-refractivity contribution in [1.29, 1.82) is 5.41 Å². The van der Waals surface area contributed by atoms with Crippen LogP contribution in [0, 0.1) is 5.41 Å². The Kier molecular flexibility index (Phi) is 7.20. The van der Waals surface area contributed by atoms with Crippen molar-refractivity contribution in [2.24, 2.45) is 0 Å². The normalized spacial score (nSPS) is 16.0. The number of hydrogen-bond donors (Lipinski definition) is 2. The summed E-state index contributed by atoms with van der Waals surface area (Å²) in [6.07, 6.45) is -0.806. The molecular formula is C22H26Cl2N4O3. The maximum Gasteiger partial charge on any atom is 0.203 e. The van der Waals surface area contributed by atoms with Crippen LogP contribution in [0.25, 0.3) is 11.0 Å². The summed E-state index contributed by atoms with van der Waals surface area (Å²) in [6, 6.07) is 12.9. The molecule has 0 spiro atoms. The molecule has 1 aromatic heterocycles. The lowest BCUT2D eigenvalue weighted by Gasteiger charge is -2.26. The van der Waals surface area contributed by atoms with Gasteiger partial charge in [-0.2, -0.15) is 0 Å². The first-order valence-electron chi connectivity index (χ1n) is 10.3. The van der Waals surface area contributed by atoms with Gasteiger partial charge >= 0.3 is 0 Å². The minimum Gasteiger partial charge on any atom is -0.489 e. The second kappa shape index (κ2) is 10.1. The lowest BCUT2D eigenvalue weighted by molar-refractivity contribution is 0.0363. The molecule has 2 aromatic carbocycles. The lowest BCUT2D eigenvalue weighted by atomic mass is 10.3. The van der Waals surface area contributed by atoms with E-state index < -0.39 is 6.10 Å². The minimum atomic E-state index is -0.806. The monoisotopic (exact) mass is 464 g/mol. The number of ether oxygens (including phenoxy) is 2. The van der Waals surface area contributed by atoms with E-state index in [9.17, 15) is 5.11 Å². The summed E-state index contributed by atoms with van der Waals surface area (Å²) in [7, 11) is 0. The Balaban J connectivity index is 1.47. The van der Waals surface area contributed by atoms with Crippen LogP contribution in [0.1, 0.15) is 0 Å². The topological polar surface area (TPSA) is 75.6 Å². The number of aliphatic hydroxyl groups is 1. The van der Waals surface area contributed by atoms with Crippen LogP contribution in [0.5, 0.6) is 5.75 Å².